The molecule has 0 unspecified atom stereocenters. The van der Waals surface area contributed by atoms with Crippen LogP contribution in [0.15, 0.2) is 23.1 Å². The summed E-state index contributed by atoms with van der Waals surface area (Å²) in [5.74, 6) is -1.22. The maximum atomic E-state index is 12.6. The number of hydrogen-bond donors (Lipinski definition) is 1. The summed E-state index contributed by atoms with van der Waals surface area (Å²) >= 11 is 5.99. The Morgan fingerprint density at radius 3 is 2.35 bits per heavy atom. The van der Waals surface area contributed by atoms with Gasteiger partial charge in [0.15, 0.2) is 0 Å². The Morgan fingerprint density at radius 2 is 1.95 bits per heavy atom. The first-order valence-electron chi connectivity index (χ1n) is 6.07. The van der Waals surface area contributed by atoms with Gasteiger partial charge in [-0.3, -0.25) is 4.79 Å². The number of carboxylic acid groups (broad SMARTS) is 1. The lowest BCUT2D eigenvalue weighted by Gasteiger charge is -2.33. The van der Waals surface area contributed by atoms with E-state index in [2.05, 4.69) is 0 Å². The zero-order valence-electron chi connectivity index (χ0n) is 11.8. The van der Waals surface area contributed by atoms with Gasteiger partial charge >= 0.3 is 5.97 Å². The maximum Gasteiger partial charge on any atom is 0.324 e. The van der Waals surface area contributed by atoms with Gasteiger partial charge in [0.2, 0.25) is 10.0 Å². The van der Waals surface area contributed by atoms with Crippen LogP contribution in [0, 0.1) is 6.92 Å². The Hall–Kier alpha value is -1.11. The molecule has 0 aliphatic carbocycles. The largest absolute Gasteiger partial charge is 0.480 e. The summed E-state index contributed by atoms with van der Waals surface area (Å²) in [6.07, 6.45) is 0. The Balaban J connectivity index is 3.44. The minimum Gasteiger partial charge on any atom is -0.480 e. The molecule has 0 bridgehead atoms. The molecule has 0 aliphatic rings. The molecule has 0 fully saturated rings. The Labute approximate surface area is 124 Å². The van der Waals surface area contributed by atoms with Crippen molar-refractivity contribution in [1.29, 1.82) is 0 Å². The molecule has 20 heavy (non-hydrogen) atoms. The third kappa shape index (κ3) is 2.97. The first-order valence-corrected chi connectivity index (χ1v) is 7.89. The number of aliphatic carboxylic acids is 1. The fourth-order valence-corrected chi connectivity index (χ4v) is 4.24. The van der Waals surface area contributed by atoms with Gasteiger partial charge in [0.1, 0.15) is 10.4 Å². The second-order valence-corrected chi connectivity index (χ2v) is 7.21. The highest BCUT2D eigenvalue weighted by Gasteiger charge is 2.42. The van der Waals surface area contributed by atoms with Crippen LogP contribution in [0.4, 0.5) is 0 Å². The molecular weight excluding hydrogens is 302 g/mol. The number of rotatable bonds is 5. The molecule has 0 radical (unpaired) electrons. The molecule has 0 spiro atoms. The van der Waals surface area contributed by atoms with Crippen molar-refractivity contribution in [3.05, 3.63) is 28.8 Å². The number of halogens is 1. The molecule has 0 aromatic heterocycles. The number of sulfonamides is 1. The monoisotopic (exact) mass is 319 g/mol. The van der Waals surface area contributed by atoms with Gasteiger partial charge in [-0.1, -0.05) is 24.6 Å². The van der Waals surface area contributed by atoms with Gasteiger partial charge < -0.3 is 5.11 Å². The van der Waals surface area contributed by atoms with Gasteiger partial charge in [-0.15, -0.1) is 0 Å². The lowest BCUT2D eigenvalue weighted by Crippen LogP contribution is -2.52. The van der Waals surface area contributed by atoms with E-state index in [1.807, 2.05) is 0 Å². The van der Waals surface area contributed by atoms with Crippen molar-refractivity contribution < 1.29 is 18.3 Å². The summed E-state index contributed by atoms with van der Waals surface area (Å²) in [6, 6.07) is 4.56. The summed E-state index contributed by atoms with van der Waals surface area (Å²) in [7, 11) is -3.98. The van der Waals surface area contributed by atoms with Crippen LogP contribution in [0.5, 0.6) is 0 Å². The van der Waals surface area contributed by atoms with Crippen LogP contribution in [0.25, 0.3) is 0 Å². The molecule has 7 heteroatoms. The number of likely N-dealkylation sites (N-methyl/N-ethyl adjacent to an activating group) is 1. The fraction of sp³-hybridized carbons (Fsp3) is 0.462. The van der Waals surface area contributed by atoms with Crippen molar-refractivity contribution in [2.75, 3.05) is 6.54 Å². The molecule has 0 atom stereocenters. The van der Waals surface area contributed by atoms with Crippen molar-refractivity contribution in [2.45, 2.75) is 38.1 Å². The standard InChI is InChI=1S/C13H18ClNO4S/c1-5-15(13(3,4)12(16)17)20(18,19)11-7-6-9(2)8-10(11)14/h6-8H,5H2,1-4H3,(H,16,17). The zero-order valence-corrected chi connectivity index (χ0v) is 13.4. The van der Waals surface area contributed by atoms with Crippen LogP contribution < -0.4 is 0 Å². The van der Waals surface area contributed by atoms with Crippen molar-refractivity contribution in [1.82, 2.24) is 4.31 Å². The smallest absolute Gasteiger partial charge is 0.324 e. The third-order valence-electron chi connectivity index (χ3n) is 3.09. The quantitative estimate of drug-likeness (QED) is 0.905. The van der Waals surface area contributed by atoms with Crippen LogP contribution in [-0.4, -0.2) is 35.9 Å². The Kier molecular flexibility index (Phi) is 4.84. The number of carboxylic acids is 1. The molecular formula is C13H18ClNO4S. The maximum absolute atomic E-state index is 12.6. The van der Waals surface area contributed by atoms with Gasteiger partial charge in [-0.2, -0.15) is 4.31 Å². The molecule has 0 heterocycles. The summed E-state index contributed by atoms with van der Waals surface area (Å²) in [6.45, 7) is 6.11. The van der Waals surface area contributed by atoms with E-state index < -0.39 is 21.5 Å². The number of nitrogens with zero attached hydrogens (tertiary/aromatic N) is 1. The molecule has 1 aromatic rings. The number of carbonyl (C=O) groups is 1. The minimum atomic E-state index is -3.98. The Morgan fingerprint density at radius 1 is 1.40 bits per heavy atom. The normalized spacial score (nSPS) is 12.7. The van der Waals surface area contributed by atoms with Gasteiger partial charge in [0.05, 0.1) is 5.02 Å². The summed E-state index contributed by atoms with van der Waals surface area (Å²) in [4.78, 5) is 11.2. The summed E-state index contributed by atoms with van der Waals surface area (Å²) in [5, 5.41) is 9.31. The van der Waals surface area contributed by atoms with Crippen LogP contribution >= 0.6 is 11.6 Å². The van der Waals surface area contributed by atoms with Crippen LogP contribution in [0.3, 0.4) is 0 Å². The molecule has 0 amide bonds. The predicted octanol–water partition coefficient (Wildman–Crippen LogP) is 2.52. The highest BCUT2D eigenvalue weighted by Crippen LogP contribution is 2.30. The highest BCUT2D eigenvalue weighted by molar-refractivity contribution is 7.89. The molecule has 0 aliphatic heterocycles. The van der Waals surface area contributed by atoms with Gasteiger partial charge in [0, 0.05) is 6.54 Å². The molecule has 0 saturated heterocycles. The average Bonchev–Trinajstić information content (AvgIpc) is 2.27. The van der Waals surface area contributed by atoms with E-state index in [9.17, 15) is 18.3 Å². The first kappa shape index (κ1) is 16.9. The van der Waals surface area contributed by atoms with Gasteiger partial charge in [-0.05, 0) is 38.5 Å². The van der Waals surface area contributed by atoms with E-state index in [4.69, 9.17) is 11.6 Å². The van der Waals surface area contributed by atoms with Crippen LogP contribution in [-0.2, 0) is 14.8 Å². The predicted molar refractivity (Wildman–Crippen MR) is 77.5 cm³/mol. The second-order valence-electron chi connectivity index (χ2n) is 4.97. The zero-order chi connectivity index (χ0) is 15.7. The lowest BCUT2D eigenvalue weighted by molar-refractivity contribution is -0.146. The molecule has 112 valence electrons. The molecule has 0 saturated carbocycles. The van der Waals surface area contributed by atoms with Crippen LogP contribution in [0.1, 0.15) is 26.3 Å². The minimum absolute atomic E-state index is 0.0336. The number of hydrogen-bond acceptors (Lipinski definition) is 3. The molecule has 5 nitrogen and oxygen atoms in total. The molecule has 1 N–H and O–H groups in total. The van der Waals surface area contributed by atoms with Crippen molar-refractivity contribution in [2.24, 2.45) is 0 Å². The molecule has 1 rings (SSSR count). The summed E-state index contributed by atoms with van der Waals surface area (Å²) in [5.41, 5.74) is -0.726. The number of aryl methyl sites for hydroxylation is 1. The van der Waals surface area contributed by atoms with Crippen molar-refractivity contribution in [3.63, 3.8) is 0 Å². The van der Waals surface area contributed by atoms with Crippen molar-refractivity contribution >= 4 is 27.6 Å². The van der Waals surface area contributed by atoms with Crippen molar-refractivity contribution in [3.8, 4) is 0 Å². The fourth-order valence-electron chi connectivity index (χ4n) is 1.91. The second kappa shape index (κ2) is 5.71. The first-order chi connectivity index (χ1) is 9.05. The lowest BCUT2D eigenvalue weighted by atomic mass is 10.1. The van der Waals surface area contributed by atoms with E-state index in [0.29, 0.717) is 0 Å². The van der Waals surface area contributed by atoms with Gasteiger partial charge in [0.25, 0.3) is 0 Å². The Bertz CT molecular complexity index is 625. The average molecular weight is 320 g/mol. The topological polar surface area (TPSA) is 74.7 Å². The molecule has 1 aromatic carbocycles. The van der Waals surface area contributed by atoms with Gasteiger partial charge in [-0.25, -0.2) is 8.42 Å². The van der Waals surface area contributed by atoms with E-state index in [1.165, 1.54) is 26.0 Å². The highest BCUT2D eigenvalue weighted by atomic mass is 35.5. The van der Waals surface area contributed by atoms with E-state index >= 15 is 0 Å². The van der Waals surface area contributed by atoms with E-state index in [-0.39, 0.29) is 16.5 Å². The third-order valence-corrected chi connectivity index (χ3v) is 5.72. The van der Waals surface area contributed by atoms with E-state index in [0.717, 1.165) is 9.87 Å². The SMILES string of the molecule is CCN(C(C)(C)C(=O)O)S(=O)(=O)c1ccc(C)cc1Cl. The number of benzene rings is 1. The van der Waals surface area contributed by atoms with Crippen LogP contribution in [0.2, 0.25) is 5.02 Å². The summed E-state index contributed by atoms with van der Waals surface area (Å²) < 4.78 is 26.2. The van der Waals surface area contributed by atoms with E-state index in [1.54, 1.807) is 19.9 Å².